The second-order valence-corrected chi connectivity index (χ2v) is 4.09. The number of amides is 1. The second kappa shape index (κ2) is 5.35. The maximum atomic E-state index is 11.7. The highest BCUT2D eigenvalue weighted by Gasteiger charge is 2.04. The molecule has 5 heteroatoms. The first-order valence-corrected chi connectivity index (χ1v) is 5.71. The molecule has 0 radical (unpaired) electrons. The number of imidazole rings is 1. The number of benzene rings is 1. The van der Waals surface area contributed by atoms with Crippen molar-refractivity contribution in [2.24, 2.45) is 0 Å². The van der Waals surface area contributed by atoms with Crippen LogP contribution >= 0.6 is 0 Å². The van der Waals surface area contributed by atoms with Crippen LogP contribution in [0.1, 0.15) is 13.8 Å². The molecule has 0 aliphatic carbocycles. The van der Waals surface area contributed by atoms with Gasteiger partial charge in [0, 0.05) is 18.1 Å². The van der Waals surface area contributed by atoms with Crippen molar-refractivity contribution in [1.29, 1.82) is 0 Å². The molecule has 0 spiro atoms. The Morgan fingerprint density at radius 3 is 2.61 bits per heavy atom. The summed E-state index contributed by atoms with van der Waals surface area (Å²) in [5.41, 5.74) is 0.713. The van der Waals surface area contributed by atoms with E-state index < -0.39 is 0 Å². The van der Waals surface area contributed by atoms with Crippen molar-refractivity contribution >= 4 is 11.7 Å². The first kappa shape index (κ1) is 12.2. The van der Waals surface area contributed by atoms with Gasteiger partial charge < -0.3 is 10.1 Å². The molecule has 0 aliphatic rings. The summed E-state index contributed by atoms with van der Waals surface area (Å²) in [7, 11) is 0. The Morgan fingerprint density at radius 1 is 1.33 bits per heavy atom. The molecule has 94 valence electrons. The van der Waals surface area contributed by atoms with Crippen LogP contribution in [-0.4, -0.2) is 21.7 Å². The molecule has 1 heterocycles. The van der Waals surface area contributed by atoms with Gasteiger partial charge in [-0.2, -0.15) is 0 Å². The number of nitrogens with one attached hydrogen (secondary N) is 1. The van der Waals surface area contributed by atoms with Crippen LogP contribution in [0.2, 0.25) is 0 Å². The zero-order chi connectivity index (χ0) is 13.0. The molecule has 0 unspecified atom stereocenters. The van der Waals surface area contributed by atoms with Gasteiger partial charge >= 0.3 is 6.03 Å². The highest BCUT2D eigenvalue weighted by Crippen LogP contribution is 2.17. The Morgan fingerprint density at radius 2 is 2.06 bits per heavy atom. The van der Waals surface area contributed by atoms with Crippen LogP contribution in [0.3, 0.4) is 0 Å². The third kappa shape index (κ3) is 3.10. The molecule has 1 N–H and O–H groups in total. The van der Waals surface area contributed by atoms with E-state index in [1.54, 1.807) is 24.5 Å². The summed E-state index contributed by atoms with van der Waals surface area (Å²) >= 11 is 0. The lowest BCUT2D eigenvalue weighted by molar-refractivity contribution is 0.242. The third-order valence-corrected chi connectivity index (χ3v) is 2.22. The minimum Gasteiger partial charge on any atom is -0.491 e. The van der Waals surface area contributed by atoms with E-state index in [0.29, 0.717) is 5.69 Å². The number of hydrogen-bond donors (Lipinski definition) is 1. The van der Waals surface area contributed by atoms with Crippen LogP contribution < -0.4 is 10.1 Å². The molecular weight excluding hydrogens is 230 g/mol. The van der Waals surface area contributed by atoms with E-state index in [-0.39, 0.29) is 12.1 Å². The van der Waals surface area contributed by atoms with Gasteiger partial charge in [-0.05, 0) is 38.1 Å². The number of anilines is 1. The van der Waals surface area contributed by atoms with Crippen LogP contribution in [0.4, 0.5) is 10.5 Å². The summed E-state index contributed by atoms with van der Waals surface area (Å²) < 4.78 is 6.89. The predicted molar refractivity (Wildman–Crippen MR) is 68.8 cm³/mol. The number of hydrogen-bond acceptors (Lipinski definition) is 3. The summed E-state index contributed by atoms with van der Waals surface area (Å²) in [4.78, 5) is 15.5. The van der Waals surface area contributed by atoms with Gasteiger partial charge in [-0.15, -0.1) is 0 Å². The molecule has 2 aromatic rings. The topological polar surface area (TPSA) is 56.1 Å². The molecule has 18 heavy (non-hydrogen) atoms. The molecule has 5 nitrogen and oxygen atoms in total. The third-order valence-electron chi connectivity index (χ3n) is 2.22. The van der Waals surface area contributed by atoms with Crippen molar-refractivity contribution in [2.45, 2.75) is 20.0 Å². The van der Waals surface area contributed by atoms with Crippen LogP contribution in [0.5, 0.6) is 5.75 Å². The lowest BCUT2D eigenvalue weighted by Gasteiger charge is -2.10. The Labute approximate surface area is 105 Å². The monoisotopic (exact) mass is 245 g/mol. The van der Waals surface area contributed by atoms with Gasteiger partial charge in [-0.25, -0.2) is 9.78 Å². The van der Waals surface area contributed by atoms with Crippen molar-refractivity contribution in [3.8, 4) is 5.75 Å². The molecule has 0 fully saturated rings. The zero-order valence-electron chi connectivity index (χ0n) is 10.3. The van der Waals surface area contributed by atoms with Gasteiger partial charge in [0.05, 0.1) is 6.10 Å². The fraction of sp³-hybridized carbons (Fsp3) is 0.231. The quantitative estimate of drug-likeness (QED) is 0.904. The minimum absolute atomic E-state index is 0.136. The van der Waals surface area contributed by atoms with Crippen LogP contribution in [0, 0.1) is 0 Å². The van der Waals surface area contributed by atoms with E-state index in [4.69, 9.17) is 4.74 Å². The Hall–Kier alpha value is -2.30. The number of ether oxygens (including phenoxy) is 1. The van der Waals surface area contributed by atoms with E-state index in [9.17, 15) is 4.79 Å². The van der Waals surface area contributed by atoms with Crippen LogP contribution in [-0.2, 0) is 0 Å². The maximum Gasteiger partial charge on any atom is 0.331 e. The predicted octanol–water partition coefficient (Wildman–Crippen LogP) is 2.75. The highest BCUT2D eigenvalue weighted by molar-refractivity contribution is 5.90. The van der Waals surface area contributed by atoms with E-state index in [1.807, 2.05) is 26.0 Å². The second-order valence-electron chi connectivity index (χ2n) is 4.09. The smallest absolute Gasteiger partial charge is 0.331 e. The van der Waals surface area contributed by atoms with Gasteiger partial charge in [-0.3, -0.25) is 4.57 Å². The van der Waals surface area contributed by atoms with E-state index in [1.165, 1.54) is 10.9 Å². The molecular formula is C13H15N3O2. The van der Waals surface area contributed by atoms with Crippen LogP contribution in [0.25, 0.3) is 0 Å². The van der Waals surface area contributed by atoms with Crippen molar-refractivity contribution in [3.05, 3.63) is 43.0 Å². The number of nitrogens with zero attached hydrogens (tertiary/aromatic N) is 2. The molecule has 1 amide bonds. The van der Waals surface area contributed by atoms with Gasteiger partial charge in [0.1, 0.15) is 12.1 Å². The van der Waals surface area contributed by atoms with E-state index >= 15 is 0 Å². The molecule has 0 saturated carbocycles. The summed E-state index contributed by atoms with van der Waals surface area (Å²) in [5, 5.41) is 2.75. The largest absolute Gasteiger partial charge is 0.491 e. The summed E-state index contributed by atoms with van der Waals surface area (Å²) in [6.07, 6.45) is 4.73. The minimum atomic E-state index is -0.245. The maximum absolute atomic E-state index is 11.7. The normalized spacial score (nSPS) is 10.4. The Balaban J connectivity index is 2.00. The average molecular weight is 245 g/mol. The van der Waals surface area contributed by atoms with Gasteiger partial charge in [0.25, 0.3) is 0 Å². The number of carbonyl (C=O) groups excluding carboxylic acids is 1. The Kier molecular flexibility index (Phi) is 3.62. The fourth-order valence-electron chi connectivity index (χ4n) is 1.46. The van der Waals surface area contributed by atoms with Crippen molar-refractivity contribution < 1.29 is 9.53 Å². The number of rotatable bonds is 3. The van der Waals surface area contributed by atoms with Crippen molar-refractivity contribution in [1.82, 2.24) is 9.55 Å². The molecule has 1 aromatic heterocycles. The van der Waals surface area contributed by atoms with E-state index in [2.05, 4.69) is 10.3 Å². The highest BCUT2D eigenvalue weighted by atomic mass is 16.5. The van der Waals surface area contributed by atoms with E-state index in [0.717, 1.165) is 5.75 Å². The van der Waals surface area contributed by atoms with Crippen molar-refractivity contribution in [2.75, 3.05) is 5.32 Å². The molecule has 1 aromatic carbocycles. The van der Waals surface area contributed by atoms with Gasteiger partial charge in [0.15, 0.2) is 0 Å². The fourth-order valence-corrected chi connectivity index (χ4v) is 1.46. The standard InChI is InChI=1S/C13H15N3O2/c1-10(2)18-12-5-3-11(4-6-12)15-13(17)16-8-7-14-9-16/h3-10H,1-2H3,(H,15,17). The van der Waals surface area contributed by atoms with Gasteiger partial charge in [-0.1, -0.05) is 0 Å². The summed E-state index contributed by atoms with van der Waals surface area (Å²) in [6, 6.07) is 7.00. The number of aromatic nitrogens is 2. The van der Waals surface area contributed by atoms with Gasteiger partial charge in [0.2, 0.25) is 0 Å². The first-order valence-electron chi connectivity index (χ1n) is 5.71. The molecule has 0 saturated heterocycles. The average Bonchev–Trinajstić information content (AvgIpc) is 2.84. The molecule has 2 rings (SSSR count). The molecule has 0 bridgehead atoms. The molecule has 0 atom stereocenters. The Bertz CT molecular complexity index is 504. The molecule has 0 aliphatic heterocycles. The van der Waals surface area contributed by atoms with Crippen molar-refractivity contribution in [3.63, 3.8) is 0 Å². The van der Waals surface area contributed by atoms with Crippen LogP contribution in [0.15, 0.2) is 43.0 Å². The summed E-state index contributed by atoms with van der Waals surface area (Å²) in [5.74, 6) is 0.783. The SMILES string of the molecule is CC(C)Oc1ccc(NC(=O)n2ccnc2)cc1. The lowest BCUT2D eigenvalue weighted by atomic mass is 10.3. The summed E-state index contributed by atoms with van der Waals surface area (Å²) in [6.45, 7) is 3.93. The number of carbonyl (C=O) groups is 1. The zero-order valence-corrected chi connectivity index (χ0v) is 10.3. The lowest BCUT2D eigenvalue weighted by Crippen LogP contribution is -2.17. The first-order chi connectivity index (χ1) is 8.65.